The molecule has 10 aromatic rings. The van der Waals surface area contributed by atoms with E-state index >= 15 is 0 Å². The number of ether oxygens (including phenoxy) is 7. The summed E-state index contributed by atoms with van der Waals surface area (Å²) in [6.07, 6.45) is 17.1. The van der Waals surface area contributed by atoms with Gasteiger partial charge in [-0.2, -0.15) is 0 Å². The summed E-state index contributed by atoms with van der Waals surface area (Å²) < 4.78 is 42.6. The van der Waals surface area contributed by atoms with Crippen LogP contribution < -0.4 is 85.8 Å². The molecule has 0 aliphatic carbocycles. The van der Waals surface area contributed by atoms with E-state index in [1.54, 1.807) is 28.4 Å². The number of aromatic nitrogens is 2. The maximum Gasteiger partial charge on any atom is 1.00 e. The van der Waals surface area contributed by atoms with E-state index in [0.717, 1.165) is 150 Å². The Kier molecular flexibility index (Phi) is 37.1. The SMILES string of the molecule is CC(C)(C)OC(=O)N1CCC[C@H]1COc1cncc(Br)c1.CC(C)(C)OC(=O)N1CCC[C@H]1COc1cncc(N2CC[C@@H](COCCCc3ccccc3)C2)c1.CC1(C)c2cccc(P(c3ccccc3)c3ccccc3)c2Oc2c(P(c3ccccc3)c3ccccc3)cccc21.[CH3-].[Na+].[OH-].c1ccc(CCCOC[C@@H]2CCNC2)cc1. The van der Waals surface area contributed by atoms with Crippen LogP contribution >= 0.6 is 31.8 Å². The van der Waals surface area contributed by atoms with Crippen molar-refractivity contribution in [1.29, 1.82) is 0 Å². The number of para-hydroxylation sites is 2. The molecule has 0 unspecified atom stereocenters. The van der Waals surface area contributed by atoms with Crippen LogP contribution in [-0.4, -0.2) is 140 Å². The third-order valence-electron chi connectivity index (χ3n) is 21.1. The summed E-state index contributed by atoms with van der Waals surface area (Å²) in [5.41, 5.74) is 5.15. The largest absolute Gasteiger partial charge is 1.00 e. The van der Waals surface area contributed by atoms with Crippen LogP contribution in [0.1, 0.15) is 129 Å². The Morgan fingerprint density at radius 1 is 0.508 bits per heavy atom. The number of pyridine rings is 2. The summed E-state index contributed by atoms with van der Waals surface area (Å²) >= 11 is 3.36. The number of aryl methyl sites for hydroxylation is 2. The number of nitrogens with zero attached hydrogens (tertiary/aromatic N) is 5. The molecule has 4 fully saturated rings. The fraction of sp³-hybridized carbons (Fsp3) is 0.378. The zero-order chi connectivity index (χ0) is 80.4. The molecule has 4 saturated heterocycles. The van der Waals surface area contributed by atoms with Gasteiger partial charge >= 0.3 is 41.7 Å². The predicted octanol–water partition coefficient (Wildman–Crippen LogP) is 16.1. The molecule has 20 heteroatoms. The first-order chi connectivity index (χ1) is 55.8. The van der Waals surface area contributed by atoms with Gasteiger partial charge in [-0.3, -0.25) is 9.97 Å². The molecule has 2 amide bonds. The summed E-state index contributed by atoms with van der Waals surface area (Å²) in [7, 11) is -1.65. The molecule has 7 heterocycles. The number of anilines is 1. The Morgan fingerprint density at radius 2 is 0.924 bits per heavy atom. The number of carbonyl (C=O) groups is 2. The molecule has 16 nitrogen and oxygen atoms in total. The maximum absolute atomic E-state index is 12.5. The molecule has 2 N–H and O–H groups in total. The molecule has 15 rings (SSSR count). The first-order valence-electron chi connectivity index (χ1n) is 41.0. The molecule has 5 aliphatic rings. The second-order valence-electron chi connectivity index (χ2n) is 32.6. The number of hydrogen-bond acceptors (Lipinski definition) is 14. The van der Waals surface area contributed by atoms with Gasteiger partial charge in [-0.05, 0) is 188 Å². The van der Waals surface area contributed by atoms with Crippen molar-refractivity contribution in [2.24, 2.45) is 11.8 Å². The van der Waals surface area contributed by atoms with E-state index in [-0.39, 0.29) is 72.1 Å². The number of amides is 2. The van der Waals surface area contributed by atoms with Crippen molar-refractivity contribution in [1.82, 2.24) is 25.1 Å². The first kappa shape index (κ1) is 93.8. The zero-order valence-electron chi connectivity index (χ0n) is 70.7. The van der Waals surface area contributed by atoms with Gasteiger partial charge in [0.2, 0.25) is 0 Å². The van der Waals surface area contributed by atoms with Crippen LogP contribution in [0.3, 0.4) is 0 Å². The van der Waals surface area contributed by atoms with E-state index in [1.165, 1.54) is 60.5 Å². The Bertz CT molecular complexity index is 4420. The monoisotopic (exact) mass is 1700 g/mol. The van der Waals surface area contributed by atoms with Gasteiger partial charge in [0.15, 0.2) is 0 Å². The van der Waals surface area contributed by atoms with Crippen molar-refractivity contribution in [2.75, 3.05) is 83.8 Å². The average Bonchev–Trinajstić information content (AvgIpc) is 0.829. The van der Waals surface area contributed by atoms with Crippen molar-refractivity contribution in [3.63, 3.8) is 0 Å². The van der Waals surface area contributed by atoms with Gasteiger partial charge in [-0.1, -0.05) is 232 Å². The average molecular weight is 1710 g/mol. The van der Waals surface area contributed by atoms with Crippen molar-refractivity contribution in [2.45, 2.75) is 148 Å². The van der Waals surface area contributed by atoms with Crippen molar-refractivity contribution < 1.29 is 77.8 Å². The number of halogens is 1. The fourth-order valence-electron chi connectivity index (χ4n) is 15.3. The number of hydrogen-bond donors (Lipinski definition) is 1. The van der Waals surface area contributed by atoms with Crippen LogP contribution in [-0.2, 0) is 37.2 Å². The van der Waals surface area contributed by atoms with Gasteiger partial charge in [0, 0.05) is 95.7 Å². The fourth-order valence-corrected chi connectivity index (χ4v) is 20.4. The van der Waals surface area contributed by atoms with E-state index in [2.05, 4.69) is 274 Å². The van der Waals surface area contributed by atoms with Gasteiger partial charge in [0.1, 0.15) is 47.4 Å². The van der Waals surface area contributed by atoms with Crippen LogP contribution in [0.25, 0.3) is 0 Å². The standard InChI is InChI=1S/C39H32OP2.C29H41N3O4.C15H21BrN2O3.C14H21NO.CH3.Na.H2O/c1-39(2)33-25-15-27-35(41(29-17-7-3-8-18-29)30-19-9-4-10-20-30)37(33)40-38-34(39)26-16-28-36(38)42(31-21-11-5-12-22-31)32-23-13-6-14-24-32;1-29(2,3)36-28(33)32-14-7-12-25(32)22-35-27-17-26(18-30-19-27)31-15-13-24(20-31)21-34-16-8-11-23-9-5-4-6-10-23;1-15(2,3)21-14(19)18-6-4-5-12(18)10-20-13-7-11(16)8-17-9-13;1-2-5-13(6-3-1)7-4-10-16-12-14-8-9-15-11-14;;;/h3-28H,1-2H3;4-6,9-10,17-19,24-25H,7-8,11-16,20-22H2,1-3H3;7-9,12H,4-6,10H2,1-3H3;1-3,5-6,14-15H,4,7-12H2;1H3;;1H2/q;;;;-1;+1;/p-1/t;24-,25+;12-;14-;;;/m.101.../s1. The molecule has 0 saturated carbocycles. The number of nitrogens with one attached hydrogen (secondary N) is 1. The third-order valence-corrected chi connectivity index (χ3v) is 26.4. The number of fused-ring (bicyclic) bond motifs is 2. The van der Waals surface area contributed by atoms with Crippen LogP contribution in [0.4, 0.5) is 15.3 Å². The molecule has 0 radical (unpaired) electrons. The molecule has 0 spiro atoms. The second-order valence-corrected chi connectivity index (χ2v) is 37.9. The molecule has 2 aromatic heterocycles. The summed E-state index contributed by atoms with van der Waals surface area (Å²) in [6, 6.07) is 82.4. The molecular weight excluding hydrogens is 1590 g/mol. The van der Waals surface area contributed by atoms with Gasteiger partial charge in [-0.15, -0.1) is 0 Å². The summed E-state index contributed by atoms with van der Waals surface area (Å²) in [5.74, 6) is 4.74. The van der Waals surface area contributed by atoms with E-state index in [9.17, 15) is 9.59 Å². The van der Waals surface area contributed by atoms with Crippen LogP contribution in [0.2, 0.25) is 0 Å². The van der Waals surface area contributed by atoms with Crippen molar-refractivity contribution >= 4 is 81.5 Å². The molecule has 4 atom stereocenters. The van der Waals surface area contributed by atoms with Gasteiger partial charge < -0.3 is 66.1 Å². The molecule has 620 valence electrons. The molecule has 0 bridgehead atoms. The summed E-state index contributed by atoms with van der Waals surface area (Å²) in [5, 5.41) is 11.2. The maximum atomic E-state index is 12.5. The minimum absolute atomic E-state index is 0. The number of benzene rings is 8. The third kappa shape index (κ3) is 27.5. The van der Waals surface area contributed by atoms with Crippen LogP contribution in [0, 0.1) is 19.3 Å². The van der Waals surface area contributed by atoms with Crippen molar-refractivity contribution in [3.8, 4) is 23.0 Å². The summed E-state index contributed by atoms with van der Waals surface area (Å²) in [4.78, 5) is 39.1. The Balaban J connectivity index is 0.000000189. The van der Waals surface area contributed by atoms with Gasteiger partial charge in [-0.25, -0.2) is 9.59 Å². The van der Waals surface area contributed by atoms with E-state index in [4.69, 9.17) is 33.2 Å². The Labute approximate surface area is 735 Å². The van der Waals surface area contributed by atoms with Crippen LogP contribution in [0.15, 0.2) is 260 Å². The van der Waals surface area contributed by atoms with Gasteiger partial charge in [0.25, 0.3) is 0 Å². The molecular formula is C98H119BrN6NaO10P2-. The first-order valence-corrected chi connectivity index (χ1v) is 44.5. The van der Waals surface area contributed by atoms with E-state index in [1.807, 2.05) is 53.8 Å². The smallest absolute Gasteiger partial charge is 0.870 e. The molecule has 5 aliphatic heterocycles. The number of likely N-dealkylation sites (tertiary alicyclic amines) is 2. The predicted molar refractivity (Wildman–Crippen MR) is 482 cm³/mol. The Morgan fingerprint density at radius 3 is 1.34 bits per heavy atom. The molecule has 8 aromatic carbocycles. The topological polar surface area (TPSA) is 176 Å². The molecule has 118 heavy (non-hydrogen) atoms. The van der Waals surface area contributed by atoms with Crippen LogP contribution in [0.5, 0.6) is 23.0 Å². The van der Waals surface area contributed by atoms with Crippen molar-refractivity contribution in [3.05, 3.63) is 289 Å². The number of rotatable bonds is 25. The Hall–Kier alpha value is -8.02. The second kappa shape index (κ2) is 46.7. The number of carbonyl (C=O) groups excluding carboxylic acids is 2. The minimum Gasteiger partial charge on any atom is -0.870 e. The minimum atomic E-state index is -0.824. The zero-order valence-corrected chi connectivity index (χ0v) is 76.1. The van der Waals surface area contributed by atoms with Gasteiger partial charge in [0.05, 0.1) is 49.6 Å². The van der Waals surface area contributed by atoms with E-state index < -0.39 is 27.0 Å². The quantitative estimate of drug-likeness (QED) is 0.0247. The summed E-state index contributed by atoms with van der Waals surface area (Å²) in [6.45, 7) is 26.0. The normalized spacial score (nSPS) is 16.9. The van der Waals surface area contributed by atoms with E-state index in [0.29, 0.717) is 31.4 Å².